The molecule has 20 heavy (non-hydrogen) atoms. The van der Waals surface area contributed by atoms with Gasteiger partial charge in [0.05, 0.1) is 12.1 Å². The van der Waals surface area contributed by atoms with Crippen LogP contribution in [0.25, 0.3) is 0 Å². The van der Waals surface area contributed by atoms with Crippen LogP contribution in [-0.2, 0) is 9.53 Å². The molecule has 0 atom stereocenters. The van der Waals surface area contributed by atoms with Gasteiger partial charge < -0.3 is 14.7 Å². The van der Waals surface area contributed by atoms with Crippen LogP contribution in [0.2, 0.25) is 0 Å². The molecule has 0 aromatic rings. The number of Topliss-reactive ketones (excluding diaryl/α,β-unsaturated/α-hetero) is 1. The van der Waals surface area contributed by atoms with Crippen molar-refractivity contribution in [3.8, 4) is 0 Å². The van der Waals surface area contributed by atoms with Gasteiger partial charge in [-0.15, -0.1) is 0 Å². The van der Waals surface area contributed by atoms with Crippen LogP contribution < -0.4 is 0 Å². The monoisotopic (exact) mass is 295 g/mol. The Hall–Kier alpha value is -1.73. The van der Waals surface area contributed by atoms with Gasteiger partial charge in [-0.2, -0.15) is 13.2 Å². The third kappa shape index (κ3) is 4.14. The number of alkyl halides is 3. The topological polar surface area (TPSA) is 66.8 Å². The first-order valence-corrected chi connectivity index (χ1v) is 5.92. The van der Waals surface area contributed by atoms with Crippen LogP contribution >= 0.6 is 0 Å². The summed E-state index contributed by atoms with van der Waals surface area (Å²) < 4.78 is 42.3. The largest absolute Gasteiger partial charge is 0.504 e. The van der Waals surface area contributed by atoms with Gasteiger partial charge in [-0.25, -0.2) is 4.79 Å². The molecule has 0 aliphatic carbocycles. The highest BCUT2D eigenvalue weighted by atomic mass is 19.4. The predicted octanol–water partition coefficient (Wildman–Crippen LogP) is 2.57. The second-order valence-corrected chi connectivity index (χ2v) is 5.40. The number of carbonyl (C=O) groups is 2. The molecule has 1 aliphatic heterocycles. The first kappa shape index (κ1) is 16.3. The van der Waals surface area contributed by atoms with Crippen molar-refractivity contribution in [2.45, 2.75) is 39.0 Å². The number of allylic oxidation sites excluding steroid dienone is 1. The van der Waals surface area contributed by atoms with Gasteiger partial charge in [0.25, 0.3) is 0 Å². The maximum absolute atomic E-state index is 12.4. The summed E-state index contributed by atoms with van der Waals surface area (Å²) in [6.45, 7) is 4.19. The molecule has 0 aromatic carbocycles. The van der Waals surface area contributed by atoms with Crippen LogP contribution in [-0.4, -0.2) is 46.7 Å². The fourth-order valence-corrected chi connectivity index (χ4v) is 1.61. The smallest absolute Gasteiger partial charge is 0.449 e. The summed E-state index contributed by atoms with van der Waals surface area (Å²) in [5.74, 6) is -2.77. The average Bonchev–Trinajstić information content (AvgIpc) is 2.25. The van der Waals surface area contributed by atoms with Crippen LogP contribution in [0.5, 0.6) is 0 Å². The minimum Gasteiger partial charge on any atom is -0.504 e. The van der Waals surface area contributed by atoms with E-state index in [1.54, 1.807) is 20.8 Å². The molecule has 1 heterocycles. The van der Waals surface area contributed by atoms with Gasteiger partial charge in [-0.3, -0.25) is 4.79 Å². The van der Waals surface area contributed by atoms with E-state index in [1.807, 2.05) is 0 Å². The zero-order chi connectivity index (χ0) is 15.7. The van der Waals surface area contributed by atoms with Crippen molar-refractivity contribution in [3.63, 3.8) is 0 Å². The summed E-state index contributed by atoms with van der Waals surface area (Å²) in [6.07, 6.45) is -6.12. The van der Waals surface area contributed by atoms with E-state index in [9.17, 15) is 22.8 Å². The van der Waals surface area contributed by atoms with E-state index >= 15 is 0 Å². The molecule has 5 nitrogen and oxygen atoms in total. The fourth-order valence-electron chi connectivity index (χ4n) is 1.61. The predicted molar refractivity (Wildman–Crippen MR) is 63.1 cm³/mol. The number of hydrogen-bond donors (Lipinski definition) is 1. The van der Waals surface area contributed by atoms with E-state index in [0.717, 1.165) is 4.90 Å². The number of piperidine rings is 1. The number of amides is 1. The summed E-state index contributed by atoms with van der Waals surface area (Å²) >= 11 is 0. The van der Waals surface area contributed by atoms with Gasteiger partial charge in [0, 0.05) is 13.0 Å². The van der Waals surface area contributed by atoms with Gasteiger partial charge in [-0.05, 0) is 20.8 Å². The van der Waals surface area contributed by atoms with Crippen molar-refractivity contribution in [2.75, 3.05) is 13.1 Å². The second-order valence-electron chi connectivity index (χ2n) is 5.40. The quantitative estimate of drug-likeness (QED) is 0.551. The third-order valence-electron chi connectivity index (χ3n) is 2.50. The molecule has 1 rings (SSSR count). The Balaban J connectivity index is 2.92. The Kier molecular flexibility index (Phi) is 4.36. The number of aliphatic hydroxyl groups excluding tert-OH is 1. The molecule has 0 unspecified atom stereocenters. The van der Waals surface area contributed by atoms with Crippen molar-refractivity contribution in [3.05, 3.63) is 11.3 Å². The van der Waals surface area contributed by atoms with Crippen LogP contribution in [0.4, 0.5) is 18.0 Å². The van der Waals surface area contributed by atoms with Crippen LogP contribution in [0, 0.1) is 0 Å². The highest BCUT2D eigenvalue weighted by Gasteiger charge is 2.41. The van der Waals surface area contributed by atoms with Crippen LogP contribution in [0.1, 0.15) is 27.2 Å². The molecule has 0 bridgehead atoms. The number of aliphatic hydroxyl groups is 1. The zero-order valence-electron chi connectivity index (χ0n) is 11.4. The molecule has 0 spiro atoms. The van der Waals surface area contributed by atoms with Crippen LogP contribution in [0.15, 0.2) is 11.3 Å². The lowest BCUT2D eigenvalue weighted by atomic mass is 10.0. The summed E-state index contributed by atoms with van der Waals surface area (Å²) in [6, 6.07) is 0. The fraction of sp³-hybridized carbons (Fsp3) is 0.667. The van der Waals surface area contributed by atoms with Gasteiger partial charge in [0.2, 0.25) is 5.76 Å². The van der Waals surface area contributed by atoms with E-state index in [-0.39, 0.29) is 13.0 Å². The number of hydrogen-bond acceptors (Lipinski definition) is 4. The van der Waals surface area contributed by atoms with Crippen molar-refractivity contribution < 1.29 is 32.6 Å². The van der Waals surface area contributed by atoms with Crippen molar-refractivity contribution >= 4 is 11.9 Å². The van der Waals surface area contributed by atoms with Gasteiger partial charge in [0.15, 0.2) is 5.78 Å². The molecular weight excluding hydrogens is 279 g/mol. The van der Waals surface area contributed by atoms with E-state index in [1.165, 1.54) is 0 Å². The van der Waals surface area contributed by atoms with Gasteiger partial charge >= 0.3 is 12.3 Å². The Morgan fingerprint density at radius 1 is 1.30 bits per heavy atom. The van der Waals surface area contributed by atoms with E-state index in [4.69, 9.17) is 9.84 Å². The van der Waals surface area contributed by atoms with Crippen LogP contribution in [0.3, 0.4) is 0 Å². The second kappa shape index (κ2) is 5.34. The van der Waals surface area contributed by atoms with E-state index in [0.29, 0.717) is 0 Å². The molecule has 1 amide bonds. The number of likely N-dealkylation sites (tertiary alicyclic amines) is 1. The zero-order valence-corrected chi connectivity index (χ0v) is 11.4. The Labute approximate surface area is 114 Å². The van der Waals surface area contributed by atoms with E-state index in [2.05, 4.69) is 0 Å². The lowest BCUT2D eigenvalue weighted by Gasteiger charge is -2.31. The Bertz CT molecular complexity index is 449. The minimum absolute atomic E-state index is 0.0393. The maximum atomic E-state index is 12.4. The first-order chi connectivity index (χ1) is 8.92. The first-order valence-electron chi connectivity index (χ1n) is 5.92. The van der Waals surface area contributed by atoms with Crippen molar-refractivity contribution in [1.29, 1.82) is 0 Å². The summed E-state index contributed by atoms with van der Waals surface area (Å²) in [4.78, 5) is 24.1. The van der Waals surface area contributed by atoms with E-state index < -0.39 is 41.5 Å². The number of halogens is 3. The summed E-state index contributed by atoms with van der Waals surface area (Å²) in [7, 11) is 0. The summed E-state index contributed by atoms with van der Waals surface area (Å²) in [5.41, 5.74) is -1.61. The number of ether oxygens (including phenoxy) is 1. The standard InChI is InChI=1S/C12H16F3NO4/c1-11(2,3)20-10(19)16-5-4-8(17)7(6-16)9(18)12(13,14)15/h18H,4-6H2,1-3H3. The molecule has 1 saturated heterocycles. The third-order valence-corrected chi connectivity index (χ3v) is 2.50. The summed E-state index contributed by atoms with van der Waals surface area (Å²) in [5, 5.41) is 9.07. The Morgan fingerprint density at radius 3 is 2.30 bits per heavy atom. The van der Waals surface area contributed by atoms with Crippen molar-refractivity contribution in [2.24, 2.45) is 0 Å². The highest BCUT2D eigenvalue weighted by Crippen LogP contribution is 2.29. The number of rotatable bonds is 0. The molecule has 114 valence electrons. The minimum atomic E-state index is -5.01. The lowest BCUT2D eigenvalue weighted by molar-refractivity contribution is -0.129. The molecule has 8 heteroatoms. The maximum Gasteiger partial charge on any atom is 0.449 e. The molecular formula is C12H16F3NO4. The number of ketones is 1. The number of nitrogens with zero attached hydrogens (tertiary/aromatic N) is 1. The molecule has 1 aliphatic rings. The normalized spacial score (nSPS) is 19.9. The molecule has 0 radical (unpaired) electrons. The van der Waals surface area contributed by atoms with Gasteiger partial charge in [0.1, 0.15) is 5.60 Å². The Morgan fingerprint density at radius 2 is 1.85 bits per heavy atom. The molecule has 1 N–H and O–H groups in total. The molecule has 1 fully saturated rings. The lowest BCUT2D eigenvalue weighted by Crippen LogP contribution is -2.44. The molecule has 0 saturated carbocycles. The SMILES string of the molecule is CC(C)(C)OC(=O)N1CCC(=O)C(=C(O)C(F)(F)F)C1. The average molecular weight is 295 g/mol. The number of carbonyl (C=O) groups excluding carboxylic acids is 2. The van der Waals surface area contributed by atoms with Crippen molar-refractivity contribution in [1.82, 2.24) is 4.90 Å². The highest BCUT2D eigenvalue weighted by molar-refractivity contribution is 5.98. The molecule has 0 aromatic heterocycles. The van der Waals surface area contributed by atoms with Gasteiger partial charge in [-0.1, -0.05) is 0 Å².